The highest BCUT2D eigenvalue weighted by Crippen LogP contribution is 2.13. The van der Waals surface area contributed by atoms with E-state index in [-0.39, 0.29) is 5.57 Å². The largest absolute Gasteiger partial charge is 0.374 e. The monoisotopic (exact) mass is 229 g/mol. The lowest BCUT2D eigenvalue weighted by atomic mass is 10.2. The van der Waals surface area contributed by atoms with Gasteiger partial charge in [0.25, 0.3) is 0 Å². The topological polar surface area (TPSA) is 59.6 Å². The fraction of sp³-hybridized carbons (Fsp3) is 0.167. The number of nitrogens with zero attached hydrogens (tertiary/aromatic N) is 2. The van der Waals surface area contributed by atoms with Crippen LogP contribution in [0.5, 0.6) is 0 Å². The molecule has 16 heavy (non-hydrogen) atoms. The first kappa shape index (κ1) is 12.2. The zero-order valence-corrected chi connectivity index (χ0v) is 9.71. The van der Waals surface area contributed by atoms with Gasteiger partial charge in [0, 0.05) is 6.54 Å². The Morgan fingerprint density at radius 1 is 1.25 bits per heavy atom. The van der Waals surface area contributed by atoms with E-state index in [9.17, 15) is 0 Å². The smallest absolute Gasteiger partial charge is 0.159 e. The molecule has 0 aliphatic carbocycles. The summed E-state index contributed by atoms with van der Waals surface area (Å²) in [5.41, 5.74) is 1.24. The van der Waals surface area contributed by atoms with E-state index in [1.54, 1.807) is 0 Å². The normalized spacial score (nSPS) is 8.69. The molecule has 0 unspecified atom stereocenters. The first-order valence-electron chi connectivity index (χ1n) is 4.68. The van der Waals surface area contributed by atoms with Crippen LogP contribution in [0.4, 0.5) is 0 Å². The highest BCUT2D eigenvalue weighted by atomic mass is 32.2. The molecule has 1 N–H and O–H groups in total. The third-order valence-electron chi connectivity index (χ3n) is 1.95. The Morgan fingerprint density at radius 2 is 1.88 bits per heavy atom. The van der Waals surface area contributed by atoms with Crippen LogP contribution in [0.25, 0.3) is 0 Å². The first-order chi connectivity index (χ1) is 7.81. The van der Waals surface area contributed by atoms with Gasteiger partial charge in [-0.25, -0.2) is 0 Å². The predicted molar refractivity (Wildman–Crippen MR) is 65.0 cm³/mol. The Kier molecular flexibility index (Phi) is 4.98. The molecule has 4 heteroatoms. The number of benzene rings is 1. The summed E-state index contributed by atoms with van der Waals surface area (Å²) in [7, 11) is 0. The molecular weight excluding hydrogens is 218 g/mol. The van der Waals surface area contributed by atoms with E-state index < -0.39 is 0 Å². The van der Waals surface area contributed by atoms with Crippen LogP contribution < -0.4 is 5.32 Å². The van der Waals surface area contributed by atoms with Gasteiger partial charge in [0.15, 0.2) is 5.57 Å². The molecule has 0 amide bonds. The minimum Gasteiger partial charge on any atom is -0.374 e. The molecule has 1 aromatic carbocycles. The molecule has 0 bridgehead atoms. The second-order valence-electron chi connectivity index (χ2n) is 2.97. The van der Waals surface area contributed by atoms with Crippen molar-refractivity contribution in [2.24, 2.45) is 0 Å². The van der Waals surface area contributed by atoms with Crippen LogP contribution in [0.1, 0.15) is 5.56 Å². The Bertz CT molecular complexity index is 435. The molecule has 0 aliphatic rings. The summed E-state index contributed by atoms with van der Waals surface area (Å²) >= 11 is 1.37. The molecule has 0 fully saturated rings. The van der Waals surface area contributed by atoms with E-state index >= 15 is 0 Å². The van der Waals surface area contributed by atoms with E-state index in [1.165, 1.54) is 11.8 Å². The van der Waals surface area contributed by atoms with Gasteiger partial charge in [-0.15, -0.1) is 11.8 Å². The van der Waals surface area contributed by atoms with Crippen molar-refractivity contribution in [3.8, 4) is 12.1 Å². The van der Waals surface area contributed by atoms with Gasteiger partial charge in [0.2, 0.25) is 0 Å². The summed E-state index contributed by atoms with van der Waals surface area (Å²) in [5, 5.41) is 21.2. The molecule has 0 radical (unpaired) electrons. The lowest BCUT2D eigenvalue weighted by molar-refractivity contribution is 0.853. The lowest BCUT2D eigenvalue weighted by Gasteiger charge is -2.08. The van der Waals surface area contributed by atoms with Crippen molar-refractivity contribution in [1.29, 1.82) is 10.5 Å². The maximum Gasteiger partial charge on any atom is 0.159 e. The molecule has 0 heterocycles. The van der Waals surface area contributed by atoms with Crippen LogP contribution >= 0.6 is 11.8 Å². The summed E-state index contributed by atoms with van der Waals surface area (Å²) in [4.78, 5) is 0. The Hall–Kier alpha value is -1.91. The summed E-state index contributed by atoms with van der Waals surface area (Å²) < 4.78 is 0. The first-order valence-corrected chi connectivity index (χ1v) is 5.90. The highest BCUT2D eigenvalue weighted by Gasteiger charge is 2.04. The van der Waals surface area contributed by atoms with Crippen molar-refractivity contribution in [2.75, 3.05) is 6.26 Å². The fourth-order valence-corrected chi connectivity index (χ4v) is 1.68. The molecule has 0 spiro atoms. The molecule has 1 rings (SSSR count). The third-order valence-corrected chi connectivity index (χ3v) is 2.71. The van der Waals surface area contributed by atoms with Gasteiger partial charge in [-0.2, -0.15) is 10.5 Å². The Balaban J connectivity index is 2.71. The van der Waals surface area contributed by atoms with Gasteiger partial charge in [-0.05, 0) is 11.8 Å². The molecule has 0 aromatic heterocycles. The number of nitrogens with one attached hydrogen (secondary N) is 1. The molecule has 1 aromatic rings. The van der Waals surface area contributed by atoms with Crippen LogP contribution in [0.15, 0.2) is 40.9 Å². The van der Waals surface area contributed by atoms with Crippen LogP contribution in [0, 0.1) is 22.7 Å². The minimum atomic E-state index is 0.128. The predicted octanol–water partition coefficient (Wildman–Crippen LogP) is 2.40. The van der Waals surface area contributed by atoms with E-state index in [2.05, 4.69) is 5.32 Å². The minimum absolute atomic E-state index is 0.128. The van der Waals surface area contributed by atoms with Gasteiger partial charge in [-0.3, -0.25) is 0 Å². The summed E-state index contributed by atoms with van der Waals surface area (Å²) in [6, 6.07) is 13.6. The number of allylic oxidation sites excluding steroid dienone is 1. The number of thioether (sulfide) groups is 1. The van der Waals surface area contributed by atoms with E-state index in [0.717, 1.165) is 5.56 Å². The van der Waals surface area contributed by atoms with Gasteiger partial charge in [0.1, 0.15) is 12.1 Å². The number of nitriles is 2. The van der Waals surface area contributed by atoms with Crippen molar-refractivity contribution in [3.05, 3.63) is 46.5 Å². The quantitative estimate of drug-likeness (QED) is 0.805. The molecule has 0 saturated heterocycles. The number of rotatable bonds is 4. The van der Waals surface area contributed by atoms with Crippen LogP contribution in [0.3, 0.4) is 0 Å². The second-order valence-corrected chi connectivity index (χ2v) is 3.79. The number of hydrogen-bond acceptors (Lipinski definition) is 4. The molecule has 3 nitrogen and oxygen atoms in total. The molecule has 0 aliphatic heterocycles. The average Bonchev–Trinajstić information content (AvgIpc) is 2.35. The van der Waals surface area contributed by atoms with Crippen molar-refractivity contribution < 1.29 is 0 Å². The zero-order chi connectivity index (χ0) is 11.8. The summed E-state index contributed by atoms with van der Waals surface area (Å²) in [6.07, 6.45) is 1.84. The van der Waals surface area contributed by atoms with E-state index in [4.69, 9.17) is 10.5 Å². The number of hydrogen-bond donors (Lipinski definition) is 1. The zero-order valence-electron chi connectivity index (χ0n) is 8.90. The third kappa shape index (κ3) is 3.34. The molecule has 0 atom stereocenters. The molecule has 0 saturated carbocycles. The maximum atomic E-state index is 8.74. The van der Waals surface area contributed by atoms with Gasteiger partial charge in [0.05, 0.1) is 5.03 Å². The van der Waals surface area contributed by atoms with Crippen molar-refractivity contribution in [1.82, 2.24) is 5.32 Å². The summed E-state index contributed by atoms with van der Waals surface area (Å²) in [6.45, 7) is 0.615. The SMILES string of the molecule is CSC(NCc1ccccc1)=C(C#N)C#N. The van der Waals surface area contributed by atoms with E-state index in [1.807, 2.05) is 48.7 Å². The Morgan fingerprint density at radius 3 is 2.38 bits per heavy atom. The van der Waals surface area contributed by atoms with Gasteiger partial charge < -0.3 is 5.32 Å². The maximum absolute atomic E-state index is 8.74. The lowest BCUT2D eigenvalue weighted by Crippen LogP contribution is -2.12. The van der Waals surface area contributed by atoms with Crippen LogP contribution in [0.2, 0.25) is 0 Å². The Labute approximate surface area is 99.4 Å². The van der Waals surface area contributed by atoms with E-state index in [0.29, 0.717) is 11.6 Å². The van der Waals surface area contributed by atoms with Gasteiger partial charge >= 0.3 is 0 Å². The van der Waals surface area contributed by atoms with Crippen molar-refractivity contribution in [2.45, 2.75) is 6.54 Å². The standard InChI is InChI=1S/C12H11N3S/c1-16-12(11(7-13)8-14)15-9-10-5-3-2-4-6-10/h2-6,15H,9H2,1H3. The van der Waals surface area contributed by atoms with Crippen LogP contribution in [-0.2, 0) is 6.54 Å². The molecule has 80 valence electrons. The second kappa shape index (κ2) is 6.55. The van der Waals surface area contributed by atoms with Crippen molar-refractivity contribution in [3.63, 3.8) is 0 Å². The average molecular weight is 229 g/mol. The summed E-state index contributed by atoms with van der Waals surface area (Å²) in [5.74, 6) is 0. The van der Waals surface area contributed by atoms with Crippen molar-refractivity contribution >= 4 is 11.8 Å². The highest BCUT2D eigenvalue weighted by molar-refractivity contribution is 8.02. The fourth-order valence-electron chi connectivity index (χ4n) is 1.17. The molecular formula is C12H11N3S. The van der Waals surface area contributed by atoms with Crippen LogP contribution in [-0.4, -0.2) is 6.26 Å². The van der Waals surface area contributed by atoms with Gasteiger partial charge in [-0.1, -0.05) is 30.3 Å².